The summed E-state index contributed by atoms with van der Waals surface area (Å²) in [6.45, 7) is 5.17. The van der Waals surface area contributed by atoms with E-state index < -0.39 is 0 Å². The van der Waals surface area contributed by atoms with Gasteiger partial charge in [-0.2, -0.15) is 11.8 Å². The molecule has 2 aromatic rings. The lowest BCUT2D eigenvalue weighted by Gasteiger charge is -2.26. The summed E-state index contributed by atoms with van der Waals surface area (Å²) in [4.78, 5) is 20.7. The van der Waals surface area contributed by atoms with Crippen LogP contribution in [-0.4, -0.2) is 41.1 Å². The molecule has 0 bridgehead atoms. The van der Waals surface area contributed by atoms with Crippen molar-refractivity contribution in [3.05, 3.63) is 65.2 Å². The Hall–Kier alpha value is -2.31. The van der Waals surface area contributed by atoms with E-state index in [1.807, 2.05) is 49.0 Å². The van der Waals surface area contributed by atoms with Crippen molar-refractivity contribution in [1.82, 2.24) is 4.90 Å². The molecule has 0 radical (unpaired) electrons. The quantitative estimate of drug-likeness (QED) is 0.831. The smallest absolute Gasteiger partial charge is 0.273 e. The number of aryl methyl sites for hydroxylation is 1. The van der Waals surface area contributed by atoms with Crippen LogP contribution >= 0.6 is 11.8 Å². The van der Waals surface area contributed by atoms with Crippen molar-refractivity contribution >= 4 is 29.1 Å². The molecule has 1 saturated heterocycles. The number of hydrogen-bond donors (Lipinski definition) is 1. The number of anilines is 1. The van der Waals surface area contributed by atoms with E-state index in [2.05, 4.69) is 33.6 Å². The molecule has 146 valence electrons. The first kappa shape index (κ1) is 19.0. The first-order chi connectivity index (χ1) is 13.7. The van der Waals surface area contributed by atoms with Gasteiger partial charge in [-0.25, -0.2) is 0 Å². The summed E-state index contributed by atoms with van der Waals surface area (Å²) in [5, 5.41) is 7.06. The fourth-order valence-corrected chi connectivity index (χ4v) is 4.45. The van der Waals surface area contributed by atoms with Gasteiger partial charge >= 0.3 is 0 Å². The van der Waals surface area contributed by atoms with Gasteiger partial charge in [0.05, 0.1) is 0 Å². The van der Waals surface area contributed by atoms with Crippen LogP contribution in [0.5, 0.6) is 0 Å². The van der Waals surface area contributed by atoms with E-state index in [9.17, 15) is 4.79 Å². The van der Waals surface area contributed by atoms with E-state index in [0.717, 1.165) is 36.4 Å². The second-order valence-electron chi connectivity index (χ2n) is 7.24. The van der Waals surface area contributed by atoms with Gasteiger partial charge in [0.25, 0.3) is 5.91 Å². The van der Waals surface area contributed by atoms with Crippen molar-refractivity contribution in [3.8, 4) is 0 Å². The van der Waals surface area contributed by atoms with Crippen molar-refractivity contribution in [2.45, 2.75) is 26.0 Å². The molecule has 1 amide bonds. The van der Waals surface area contributed by atoms with Gasteiger partial charge in [0.2, 0.25) is 0 Å². The summed E-state index contributed by atoms with van der Waals surface area (Å²) in [5.41, 5.74) is 4.59. The van der Waals surface area contributed by atoms with E-state index in [0.29, 0.717) is 12.1 Å². The van der Waals surface area contributed by atoms with E-state index >= 15 is 0 Å². The van der Waals surface area contributed by atoms with Crippen LogP contribution in [0.4, 0.5) is 5.69 Å². The van der Waals surface area contributed by atoms with Gasteiger partial charge in [-0.15, -0.1) is 0 Å². The maximum absolute atomic E-state index is 12.7. The van der Waals surface area contributed by atoms with Crippen LogP contribution in [0.3, 0.4) is 0 Å². The molecule has 28 heavy (non-hydrogen) atoms. The highest BCUT2D eigenvalue weighted by Gasteiger charge is 2.27. The second-order valence-corrected chi connectivity index (χ2v) is 8.46. The number of amides is 1. The molecule has 2 aliphatic heterocycles. The highest BCUT2D eigenvalue weighted by molar-refractivity contribution is 7.99. The molecule has 6 heteroatoms. The van der Waals surface area contributed by atoms with Crippen LogP contribution in [0.2, 0.25) is 0 Å². The number of nitrogens with one attached hydrogen (secondary N) is 1. The number of hydrogen-bond acceptors (Lipinski definition) is 5. The Kier molecular flexibility index (Phi) is 5.98. The molecule has 0 aromatic heterocycles. The highest BCUT2D eigenvalue weighted by atomic mass is 32.2. The minimum Gasteiger partial charge on any atom is -0.387 e. The largest absolute Gasteiger partial charge is 0.387 e. The third-order valence-corrected chi connectivity index (χ3v) is 6.10. The summed E-state index contributed by atoms with van der Waals surface area (Å²) in [6, 6.07) is 16.2. The Balaban J connectivity index is 1.39. The summed E-state index contributed by atoms with van der Waals surface area (Å²) < 4.78 is 0. The van der Waals surface area contributed by atoms with Gasteiger partial charge in [0.1, 0.15) is 5.71 Å². The standard InChI is InChI=1S/C22H25N3O2S/c1-16-7-8-17(15-25-9-11-28-12-10-25)13-19(16)23-22(26)20-14-21(27-24-20)18-5-3-2-4-6-18/h2-8,13,21H,9-12,14-15H2,1H3,(H,23,26). The normalized spacial score (nSPS) is 19.8. The summed E-state index contributed by atoms with van der Waals surface area (Å²) in [7, 11) is 0. The first-order valence-corrected chi connectivity index (χ1v) is 10.8. The molecule has 2 heterocycles. The summed E-state index contributed by atoms with van der Waals surface area (Å²) in [5.74, 6) is 2.20. The van der Waals surface area contributed by atoms with Crippen LogP contribution < -0.4 is 5.32 Å². The van der Waals surface area contributed by atoms with Gasteiger partial charge in [-0.3, -0.25) is 9.69 Å². The van der Waals surface area contributed by atoms with Gasteiger partial charge < -0.3 is 10.2 Å². The number of thioether (sulfide) groups is 1. The van der Waals surface area contributed by atoms with Crippen molar-refractivity contribution in [2.24, 2.45) is 5.16 Å². The van der Waals surface area contributed by atoms with E-state index in [4.69, 9.17) is 4.84 Å². The van der Waals surface area contributed by atoms with E-state index in [1.54, 1.807) is 0 Å². The van der Waals surface area contributed by atoms with Crippen LogP contribution in [0.1, 0.15) is 29.2 Å². The zero-order chi connectivity index (χ0) is 19.3. The zero-order valence-corrected chi connectivity index (χ0v) is 16.9. The molecular formula is C22H25N3O2S. The number of nitrogens with zero attached hydrogens (tertiary/aromatic N) is 2. The molecule has 2 aromatic carbocycles. The Labute approximate surface area is 170 Å². The predicted octanol–water partition coefficient (Wildman–Crippen LogP) is 4.00. The average molecular weight is 396 g/mol. The van der Waals surface area contributed by atoms with Crippen molar-refractivity contribution in [3.63, 3.8) is 0 Å². The highest BCUT2D eigenvalue weighted by Crippen LogP contribution is 2.28. The van der Waals surface area contributed by atoms with Crippen LogP contribution in [0.25, 0.3) is 0 Å². The SMILES string of the molecule is Cc1ccc(CN2CCSCC2)cc1NC(=O)C1=NOC(c2ccccc2)C1. The number of carbonyl (C=O) groups is 1. The van der Waals surface area contributed by atoms with Gasteiger partial charge in [-0.05, 0) is 29.7 Å². The average Bonchev–Trinajstić information content (AvgIpc) is 3.22. The molecule has 1 N–H and O–H groups in total. The van der Waals surface area contributed by atoms with E-state index in [-0.39, 0.29) is 12.0 Å². The summed E-state index contributed by atoms with van der Waals surface area (Å²) >= 11 is 2.01. The molecular weight excluding hydrogens is 370 g/mol. The topological polar surface area (TPSA) is 53.9 Å². The van der Waals surface area contributed by atoms with Crippen LogP contribution in [-0.2, 0) is 16.2 Å². The lowest BCUT2D eigenvalue weighted by atomic mass is 10.0. The van der Waals surface area contributed by atoms with Crippen molar-refractivity contribution in [1.29, 1.82) is 0 Å². The molecule has 0 spiro atoms. The Morgan fingerprint density at radius 2 is 2.00 bits per heavy atom. The van der Waals surface area contributed by atoms with Crippen LogP contribution in [0, 0.1) is 6.92 Å². The Morgan fingerprint density at radius 3 is 2.79 bits per heavy atom. The lowest BCUT2D eigenvalue weighted by Crippen LogP contribution is -2.32. The third-order valence-electron chi connectivity index (χ3n) is 5.16. The molecule has 1 atom stereocenters. The maximum Gasteiger partial charge on any atom is 0.273 e. The zero-order valence-electron chi connectivity index (χ0n) is 16.1. The molecule has 5 nitrogen and oxygen atoms in total. The Bertz CT molecular complexity index is 863. The molecule has 0 aliphatic carbocycles. The number of benzene rings is 2. The van der Waals surface area contributed by atoms with Crippen LogP contribution in [0.15, 0.2) is 53.7 Å². The molecule has 0 saturated carbocycles. The first-order valence-electron chi connectivity index (χ1n) is 9.67. The fourth-order valence-electron chi connectivity index (χ4n) is 3.47. The van der Waals surface area contributed by atoms with Crippen molar-refractivity contribution in [2.75, 3.05) is 29.9 Å². The number of rotatable bonds is 5. The molecule has 1 fully saturated rings. The van der Waals surface area contributed by atoms with E-state index in [1.165, 1.54) is 17.1 Å². The van der Waals surface area contributed by atoms with Gasteiger partial charge in [-0.1, -0.05) is 47.6 Å². The fraction of sp³-hybridized carbons (Fsp3) is 0.364. The minimum atomic E-state index is -0.189. The monoisotopic (exact) mass is 395 g/mol. The molecule has 1 unspecified atom stereocenters. The van der Waals surface area contributed by atoms with Gasteiger partial charge in [0, 0.05) is 43.2 Å². The third kappa shape index (κ3) is 4.56. The second kappa shape index (κ2) is 8.80. The Morgan fingerprint density at radius 1 is 1.21 bits per heavy atom. The predicted molar refractivity (Wildman–Crippen MR) is 115 cm³/mol. The molecule has 4 rings (SSSR count). The maximum atomic E-state index is 12.7. The number of carbonyl (C=O) groups excluding carboxylic acids is 1. The lowest BCUT2D eigenvalue weighted by molar-refractivity contribution is -0.110. The minimum absolute atomic E-state index is 0.187. The molecule has 2 aliphatic rings. The van der Waals surface area contributed by atoms with Gasteiger partial charge in [0.15, 0.2) is 6.10 Å². The summed E-state index contributed by atoms with van der Waals surface area (Å²) in [6.07, 6.45) is 0.298. The number of oxime groups is 1. The van der Waals surface area contributed by atoms with Crippen molar-refractivity contribution < 1.29 is 9.63 Å².